The molecule has 2 N–H and O–H groups in total. The normalized spacial score (nSPS) is 25.1. The molecule has 1 aliphatic carbocycles. The fourth-order valence-corrected chi connectivity index (χ4v) is 3.97. The number of ether oxygens (including phenoxy) is 1. The van der Waals surface area contributed by atoms with Crippen molar-refractivity contribution in [3.05, 3.63) is 23.8 Å². The Morgan fingerprint density at radius 1 is 1.44 bits per heavy atom. The van der Waals surface area contributed by atoms with E-state index in [9.17, 15) is 23.5 Å². The van der Waals surface area contributed by atoms with Crippen LogP contribution < -0.4 is 10.1 Å². The van der Waals surface area contributed by atoms with Gasteiger partial charge in [-0.05, 0) is 37.3 Å². The minimum absolute atomic E-state index is 0.0654. The molecule has 1 saturated carbocycles. The van der Waals surface area contributed by atoms with Crippen molar-refractivity contribution in [3.8, 4) is 5.75 Å². The van der Waals surface area contributed by atoms with E-state index in [4.69, 9.17) is 0 Å². The molecule has 2 amide bonds. The van der Waals surface area contributed by atoms with E-state index in [0.717, 1.165) is 12.8 Å². The lowest BCUT2D eigenvalue weighted by Gasteiger charge is -2.24. The second-order valence-electron chi connectivity index (χ2n) is 6.69. The van der Waals surface area contributed by atoms with E-state index in [1.807, 2.05) is 0 Å². The number of benzene rings is 1. The molecule has 3 rings (SSSR count). The highest BCUT2D eigenvalue weighted by atomic mass is 19.3. The van der Waals surface area contributed by atoms with E-state index in [1.165, 1.54) is 11.0 Å². The summed E-state index contributed by atoms with van der Waals surface area (Å²) in [6.45, 7) is -0.838. The van der Waals surface area contributed by atoms with E-state index in [-0.39, 0.29) is 23.9 Å². The van der Waals surface area contributed by atoms with Crippen molar-refractivity contribution >= 4 is 17.7 Å². The van der Waals surface area contributed by atoms with Crippen molar-refractivity contribution in [1.29, 1.82) is 0 Å². The molecule has 2 aliphatic rings. The zero-order chi connectivity index (χ0) is 18.2. The summed E-state index contributed by atoms with van der Waals surface area (Å²) in [6, 6.07) is 4.09. The number of hydrogen-bond donors (Lipinski definition) is 2. The number of aryl methyl sites for hydroxylation is 1. The standard InChI is InChI=1S/C17H20F2N2O4/c1-10-4-2-6-12(25-15(18)19)13(10)20-16(24)21-8-11-5-3-7-17(11,9-21)14(22)23/h2,4,6,11,15H,3,5,7-9H2,1H3,(H,20,24)(H,22,23)/t11-,17+/m0/s1. The highest BCUT2D eigenvalue weighted by molar-refractivity contribution is 5.93. The van der Waals surface area contributed by atoms with Crippen LogP contribution in [-0.2, 0) is 4.79 Å². The maximum atomic E-state index is 12.6. The smallest absolute Gasteiger partial charge is 0.387 e. The summed E-state index contributed by atoms with van der Waals surface area (Å²) < 4.78 is 29.6. The van der Waals surface area contributed by atoms with Crippen LogP contribution in [0.1, 0.15) is 24.8 Å². The number of carbonyl (C=O) groups excluding carboxylic acids is 1. The first-order valence-electron chi connectivity index (χ1n) is 8.17. The Morgan fingerprint density at radius 3 is 2.84 bits per heavy atom. The Balaban J connectivity index is 1.77. The topological polar surface area (TPSA) is 78.9 Å². The van der Waals surface area contributed by atoms with Gasteiger partial charge in [-0.15, -0.1) is 0 Å². The Bertz CT molecular complexity index is 697. The highest BCUT2D eigenvalue weighted by Crippen LogP contribution is 2.49. The Labute approximate surface area is 143 Å². The average Bonchev–Trinajstić information content (AvgIpc) is 3.08. The molecular formula is C17H20F2N2O4. The van der Waals surface area contributed by atoms with Gasteiger partial charge in [-0.1, -0.05) is 18.6 Å². The van der Waals surface area contributed by atoms with Gasteiger partial charge in [0.25, 0.3) is 0 Å². The lowest BCUT2D eigenvalue weighted by atomic mass is 9.81. The van der Waals surface area contributed by atoms with Crippen LogP contribution in [0.4, 0.5) is 19.3 Å². The molecule has 2 fully saturated rings. The lowest BCUT2D eigenvalue weighted by molar-refractivity contribution is -0.149. The van der Waals surface area contributed by atoms with Gasteiger partial charge >= 0.3 is 18.6 Å². The van der Waals surface area contributed by atoms with Gasteiger partial charge in [0, 0.05) is 13.1 Å². The van der Waals surface area contributed by atoms with Gasteiger partial charge < -0.3 is 20.1 Å². The van der Waals surface area contributed by atoms with Crippen molar-refractivity contribution in [2.24, 2.45) is 11.3 Å². The van der Waals surface area contributed by atoms with Gasteiger partial charge in [0.15, 0.2) is 0 Å². The van der Waals surface area contributed by atoms with Crippen molar-refractivity contribution in [2.75, 3.05) is 18.4 Å². The van der Waals surface area contributed by atoms with Crippen LogP contribution in [0.15, 0.2) is 18.2 Å². The Morgan fingerprint density at radius 2 is 2.20 bits per heavy atom. The fraction of sp³-hybridized carbons (Fsp3) is 0.529. The average molecular weight is 354 g/mol. The molecule has 1 saturated heterocycles. The van der Waals surface area contributed by atoms with E-state index in [0.29, 0.717) is 18.5 Å². The van der Waals surface area contributed by atoms with E-state index < -0.39 is 24.0 Å². The molecule has 6 nitrogen and oxygen atoms in total. The number of anilines is 1. The summed E-state index contributed by atoms with van der Waals surface area (Å²) in [4.78, 5) is 25.7. The number of para-hydroxylation sites is 1. The molecule has 0 spiro atoms. The number of nitrogens with zero attached hydrogens (tertiary/aromatic N) is 1. The number of hydrogen-bond acceptors (Lipinski definition) is 3. The molecule has 0 unspecified atom stereocenters. The molecule has 1 aromatic carbocycles. The summed E-state index contributed by atoms with van der Waals surface area (Å²) in [6.07, 6.45) is 2.18. The molecule has 0 radical (unpaired) electrons. The minimum atomic E-state index is -3.00. The zero-order valence-corrected chi connectivity index (χ0v) is 13.8. The number of aliphatic carboxylic acids is 1. The zero-order valence-electron chi connectivity index (χ0n) is 13.8. The Kier molecular flexibility index (Phi) is 4.53. The maximum Gasteiger partial charge on any atom is 0.387 e. The number of alkyl halides is 2. The highest BCUT2D eigenvalue weighted by Gasteiger charge is 2.55. The van der Waals surface area contributed by atoms with Crippen molar-refractivity contribution in [2.45, 2.75) is 32.8 Å². The van der Waals surface area contributed by atoms with Gasteiger partial charge in [0.05, 0.1) is 11.1 Å². The lowest BCUT2D eigenvalue weighted by Crippen LogP contribution is -2.38. The molecule has 8 heteroatoms. The van der Waals surface area contributed by atoms with Gasteiger partial charge in [0.1, 0.15) is 5.75 Å². The van der Waals surface area contributed by atoms with E-state index in [1.54, 1.807) is 19.1 Å². The third kappa shape index (κ3) is 3.12. The molecule has 25 heavy (non-hydrogen) atoms. The number of likely N-dealkylation sites (tertiary alicyclic amines) is 1. The predicted molar refractivity (Wildman–Crippen MR) is 85.8 cm³/mol. The first-order chi connectivity index (χ1) is 11.8. The number of carbonyl (C=O) groups is 2. The molecule has 136 valence electrons. The Hall–Kier alpha value is -2.38. The van der Waals surface area contributed by atoms with Crippen LogP contribution in [-0.4, -0.2) is 41.7 Å². The molecule has 1 heterocycles. The number of carboxylic acid groups (broad SMARTS) is 1. The van der Waals surface area contributed by atoms with Crippen molar-refractivity contribution in [3.63, 3.8) is 0 Å². The van der Waals surface area contributed by atoms with Gasteiger partial charge in [-0.25, -0.2) is 4.79 Å². The van der Waals surface area contributed by atoms with Crippen molar-refractivity contribution < 1.29 is 28.2 Å². The first kappa shape index (κ1) is 17.4. The molecule has 2 atom stereocenters. The predicted octanol–water partition coefficient (Wildman–Crippen LogP) is 3.32. The maximum absolute atomic E-state index is 12.6. The molecule has 1 aromatic rings. The molecule has 0 bridgehead atoms. The number of amides is 2. The minimum Gasteiger partial charge on any atom is -0.481 e. The SMILES string of the molecule is Cc1cccc(OC(F)F)c1NC(=O)N1C[C@@H]2CCC[C@@]2(C(=O)O)C1. The van der Waals surface area contributed by atoms with Crippen LogP contribution >= 0.6 is 0 Å². The van der Waals surface area contributed by atoms with E-state index >= 15 is 0 Å². The third-order valence-corrected chi connectivity index (χ3v) is 5.27. The summed E-state index contributed by atoms with van der Waals surface area (Å²) in [5, 5.41) is 12.2. The summed E-state index contributed by atoms with van der Waals surface area (Å²) in [5.74, 6) is -1.05. The second-order valence-corrected chi connectivity index (χ2v) is 6.69. The first-order valence-corrected chi connectivity index (χ1v) is 8.17. The summed E-state index contributed by atoms with van der Waals surface area (Å²) >= 11 is 0. The number of fused-ring (bicyclic) bond motifs is 1. The van der Waals surface area contributed by atoms with Crippen LogP contribution in [0.2, 0.25) is 0 Å². The fourth-order valence-electron chi connectivity index (χ4n) is 3.97. The third-order valence-electron chi connectivity index (χ3n) is 5.27. The number of nitrogens with one attached hydrogen (secondary N) is 1. The summed E-state index contributed by atoms with van der Waals surface area (Å²) in [5.41, 5.74) is -0.126. The summed E-state index contributed by atoms with van der Waals surface area (Å²) in [7, 11) is 0. The molecular weight excluding hydrogens is 334 g/mol. The van der Waals surface area contributed by atoms with Crippen LogP contribution in [0.5, 0.6) is 5.75 Å². The number of halogens is 2. The van der Waals surface area contributed by atoms with Crippen LogP contribution in [0, 0.1) is 18.3 Å². The number of rotatable bonds is 4. The van der Waals surface area contributed by atoms with Crippen LogP contribution in [0.3, 0.4) is 0 Å². The van der Waals surface area contributed by atoms with Crippen LogP contribution in [0.25, 0.3) is 0 Å². The van der Waals surface area contributed by atoms with Crippen molar-refractivity contribution in [1.82, 2.24) is 4.90 Å². The van der Waals surface area contributed by atoms with E-state index in [2.05, 4.69) is 10.1 Å². The molecule has 0 aromatic heterocycles. The monoisotopic (exact) mass is 354 g/mol. The number of carboxylic acids is 1. The molecule has 1 aliphatic heterocycles. The second kappa shape index (κ2) is 6.50. The largest absolute Gasteiger partial charge is 0.481 e. The van der Waals surface area contributed by atoms with Gasteiger partial charge in [-0.3, -0.25) is 4.79 Å². The van der Waals surface area contributed by atoms with Gasteiger partial charge in [-0.2, -0.15) is 8.78 Å². The van der Waals surface area contributed by atoms with Gasteiger partial charge in [0.2, 0.25) is 0 Å². The quantitative estimate of drug-likeness (QED) is 0.869. The number of urea groups is 1.